The largest absolute Gasteiger partial charge is 0.353 e. The Labute approximate surface area is 91.1 Å². The van der Waals surface area contributed by atoms with Crippen LogP contribution in [-0.2, 0) is 14.3 Å². The van der Waals surface area contributed by atoms with Gasteiger partial charge in [-0.05, 0) is 18.8 Å². The van der Waals surface area contributed by atoms with Crippen LogP contribution >= 0.6 is 0 Å². The molecule has 2 atom stereocenters. The highest BCUT2D eigenvalue weighted by molar-refractivity contribution is 5.87. The van der Waals surface area contributed by atoms with Crippen molar-refractivity contribution in [2.75, 3.05) is 14.2 Å². The second-order valence-corrected chi connectivity index (χ2v) is 5.10. The maximum atomic E-state index is 11.8. The minimum atomic E-state index is -0.436. The first kappa shape index (κ1) is 11.1. The van der Waals surface area contributed by atoms with Crippen molar-refractivity contribution in [2.45, 2.75) is 44.8 Å². The molecular formula is C12H20O3. The van der Waals surface area contributed by atoms with Gasteiger partial charge < -0.3 is 9.47 Å². The van der Waals surface area contributed by atoms with Crippen molar-refractivity contribution < 1.29 is 14.3 Å². The van der Waals surface area contributed by atoms with Gasteiger partial charge in [0.05, 0.1) is 0 Å². The molecule has 0 saturated heterocycles. The van der Waals surface area contributed by atoms with E-state index in [9.17, 15) is 4.79 Å². The second kappa shape index (κ2) is 3.56. The summed E-state index contributed by atoms with van der Waals surface area (Å²) in [5.41, 5.74) is -0.0967. The summed E-state index contributed by atoms with van der Waals surface area (Å²) in [5, 5.41) is 0. The minimum Gasteiger partial charge on any atom is -0.353 e. The molecule has 0 spiro atoms. The summed E-state index contributed by atoms with van der Waals surface area (Å²) in [6.45, 7) is 2.11. The van der Waals surface area contributed by atoms with Crippen LogP contribution < -0.4 is 0 Å². The highest BCUT2D eigenvalue weighted by Gasteiger charge is 2.53. The van der Waals surface area contributed by atoms with Crippen molar-refractivity contribution in [1.82, 2.24) is 0 Å². The molecule has 3 nitrogen and oxygen atoms in total. The van der Waals surface area contributed by atoms with Crippen LogP contribution in [0, 0.1) is 11.3 Å². The van der Waals surface area contributed by atoms with Gasteiger partial charge in [-0.3, -0.25) is 4.79 Å². The van der Waals surface area contributed by atoms with Gasteiger partial charge in [-0.25, -0.2) is 0 Å². The van der Waals surface area contributed by atoms with Crippen molar-refractivity contribution in [2.24, 2.45) is 11.3 Å². The quantitative estimate of drug-likeness (QED) is 0.658. The Bertz CT molecular complexity index is 270. The van der Waals surface area contributed by atoms with E-state index in [-0.39, 0.29) is 5.41 Å². The summed E-state index contributed by atoms with van der Waals surface area (Å²) in [7, 11) is 3.39. The number of hydrogen-bond acceptors (Lipinski definition) is 3. The van der Waals surface area contributed by atoms with Crippen molar-refractivity contribution in [3.8, 4) is 0 Å². The summed E-state index contributed by atoms with van der Waals surface area (Å²) in [6, 6.07) is 0. The fraction of sp³-hybridized carbons (Fsp3) is 0.917. The Kier molecular flexibility index (Phi) is 2.63. The fourth-order valence-electron chi connectivity index (χ4n) is 3.19. The number of carbonyl (C=O) groups is 1. The Morgan fingerprint density at radius 1 is 1.27 bits per heavy atom. The molecule has 0 bridgehead atoms. The average Bonchev–Trinajstić information content (AvgIpc) is 2.55. The molecule has 0 unspecified atom stereocenters. The number of fused-ring (bicyclic) bond motifs is 1. The first-order valence-electron chi connectivity index (χ1n) is 5.70. The van der Waals surface area contributed by atoms with Crippen LogP contribution in [0.25, 0.3) is 0 Å². The van der Waals surface area contributed by atoms with Gasteiger partial charge in [-0.1, -0.05) is 6.92 Å². The summed E-state index contributed by atoms with van der Waals surface area (Å²) in [5.74, 6) is 0.446. The van der Waals surface area contributed by atoms with Crippen LogP contribution in [-0.4, -0.2) is 25.8 Å². The molecule has 0 N–H and O–H groups in total. The molecular weight excluding hydrogens is 192 g/mol. The molecule has 2 aliphatic rings. The van der Waals surface area contributed by atoms with Crippen molar-refractivity contribution in [3.05, 3.63) is 0 Å². The maximum absolute atomic E-state index is 11.8. The van der Waals surface area contributed by atoms with E-state index in [1.54, 1.807) is 14.2 Å². The van der Waals surface area contributed by atoms with Crippen LogP contribution in [0.15, 0.2) is 0 Å². The SMILES string of the molecule is COC1(OC)CC[C@]2(C)C(=O)CC[C@@H]2C1. The third kappa shape index (κ3) is 1.53. The van der Waals surface area contributed by atoms with Gasteiger partial charge in [0.15, 0.2) is 5.79 Å². The lowest BCUT2D eigenvalue weighted by Gasteiger charge is -2.44. The van der Waals surface area contributed by atoms with Crippen molar-refractivity contribution in [1.29, 1.82) is 0 Å². The standard InChI is InChI=1S/C12H20O3/c1-11-6-7-12(14-2,15-3)8-9(11)4-5-10(11)13/h9H,4-8H2,1-3H3/t9-,11+/m1/s1. The number of carbonyl (C=O) groups excluding carboxylic acids is 1. The van der Waals surface area contributed by atoms with E-state index in [0.29, 0.717) is 11.7 Å². The topological polar surface area (TPSA) is 35.5 Å². The van der Waals surface area contributed by atoms with Gasteiger partial charge in [0.2, 0.25) is 0 Å². The van der Waals surface area contributed by atoms with E-state index >= 15 is 0 Å². The predicted octanol–water partition coefficient (Wildman–Crippen LogP) is 2.14. The Balaban J connectivity index is 2.18. The van der Waals surface area contributed by atoms with E-state index in [1.807, 2.05) is 0 Å². The lowest BCUT2D eigenvalue weighted by molar-refractivity contribution is -0.241. The molecule has 0 radical (unpaired) electrons. The predicted molar refractivity (Wildman–Crippen MR) is 56.4 cm³/mol. The maximum Gasteiger partial charge on any atom is 0.167 e. The third-order valence-corrected chi connectivity index (χ3v) is 4.58. The van der Waals surface area contributed by atoms with Gasteiger partial charge in [0.25, 0.3) is 0 Å². The fourth-order valence-corrected chi connectivity index (χ4v) is 3.19. The third-order valence-electron chi connectivity index (χ3n) is 4.58. The number of ether oxygens (including phenoxy) is 2. The molecule has 0 amide bonds. The van der Waals surface area contributed by atoms with E-state index in [1.165, 1.54) is 0 Å². The molecule has 3 heteroatoms. The summed E-state index contributed by atoms with van der Waals surface area (Å²) in [6.07, 6.45) is 4.34. The highest BCUT2D eigenvalue weighted by atomic mass is 16.7. The van der Waals surface area contributed by atoms with Gasteiger partial charge in [0, 0.05) is 38.9 Å². The summed E-state index contributed by atoms with van der Waals surface area (Å²) >= 11 is 0. The normalized spacial score (nSPS) is 39.1. The first-order chi connectivity index (χ1) is 7.06. The number of rotatable bonds is 2. The lowest BCUT2D eigenvalue weighted by Crippen LogP contribution is -2.46. The smallest absolute Gasteiger partial charge is 0.167 e. The Morgan fingerprint density at radius 2 is 1.93 bits per heavy atom. The van der Waals surface area contributed by atoms with Crippen LogP contribution in [0.5, 0.6) is 0 Å². The van der Waals surface area contributed by atoms with Crippen LogP contribution in [0.3, 0.4) is 0 Å². The zero-order valence-electron chi connectivity index (χ0n) is 9.84. The van der Waals surface area contributed by atoms with E-state index in [4.69, 9.17) is 9.47 Å². The molecule has 0 aromatic carbocycles. The van der Waals surface area contributed by atoms with E-state index < -0.39 is 5.79 Å². The first-order valence-corrected chi connectivity index (χ1v) is 5.70. The molecule has 0 heterocycles. The number of hydrogen-bond donors (Lipinski definition) is 0. The molecule has 0 aromatic heterocycles. The minimum absolute atomic E-state index is 0.0967. The van der Waals surface area contributed by atoms with Crippen molar-refractivity contribution in [3.63, 3.8) is 0 Å². The monoisotopic (exact) mass is 212 g/mol. The number of ketones is 1. The lowest BCUT2D eigenvalue weighted by atomic mass is 9.67. The highest BCUT2D eigenvalue weighted by Crippen LogP contribution is 2.53. The zero-order chi connectivity index (χ0) is 11.1. The number of Topliss-reactive ketones (excluding diaryl/α,β-unsaturated/α-hetero) is 1. The van der Waals surface area contributed by atoms with Crippen LogP contribution in [0.2, 0.25) is 0 Å². The molecule has 86 valence electrons. The molecule has 2 saturated carbocycles. The Hall–Kier alpha value is -0.410. The second-order valence-electron chi connectivity index (χ2n) is 5.10. The molecule has 0 aromatic rings. The molecule has 0 aliphatic heterocycles. The van der Waals surface area contributed by atoms with Crippen molar-refractivity contribution >= 4 is 5.78 Å². The molecule has 15 heavy (non-hydrogen) atoms. The van der Waals surface area contributed by atoms with E-state index in [2.05, 4.69) is 6.92 Å². The van der Waals surface area contributed by atoms with E-state index in [0.717, 1.165) is 32.1 Å². The average molecular weight is 212 g/mol. The molecule has 2 aliphatic carbocycles. The van der Waals surface area contributed by atoms with Gasteiger partial charge in [-0.15, -0.1) is 0 Å². The number of methoxy groups -OCH3 is 2. The molecule has 2 rings (SSSR count). The summed E-state index contributed by atoms with van der Waals surface area (Å²) in [4.78, 5) is 11.8. The summed E-state index contributed by atoms with van der Waals surface area (Å²) < 4.78 is 11.0. The van der Waals surface area contributed by atoms with Gasteiger partial charge in [-0.2, -0.15) is 0 Å². The Morgan fingerprint density at radius 3 is 2.53 bits per heavy atom. The molecule has 2 fully saturated rings. The van der Waals surface area contributed by atoms with Crippen LogP contribution in [0.4, 0.5) is 0 Å². The van der Waals surface area contributed by atoms with Gasteiger partial charge in [0.1, 0.15) is 5.78 Å². The van der Waals surface area contributed by atoms with Crippen LogP contribution in [0.1, 0.15) is 39.0 Å². The van der Waals surface area contributed by atoms with Gasteiger partial charge >= 0.3 is 0 Å². The zero-order valence-corrected chi connectivity index (χ0v) is 9.84.